The fourth-order valence-corrected chi connectivity index (χ4v) is 3.47. The number of aliphatic hydroxyl groups excluding tert-OH is 1. The van der Waals surface area contributed by atoms with Crippen molar-refractivity contribution >= 4 is 38.5 Å². The Morgan fingerprint density at radius 3 is 2.83 bits per heavy atom. The number of pyridine rings is 1. The molecule has 0 atom stereocenters. The summed E-state index contributed by atoms with van der Waals surface area (Å²) in [7, 11) is 0. The lowest BCUT2D eigenvalue weighted by Gasteiger charge is -2.28. The summed E-state index contributed by atoms with van der Waals surface area (Å²) in [5.41, 5.74) is 2.04. The van der Waals surface area contributed by atoms with Gasteiger partial charge in [0, 0.05) is 22.1 Å². The lowest BCUT2D eigenvalue weighted by atomic mass is 9.92. The molecule has 1 fully saturated rings. The van der Waals surface area contributed by atoms with Crippen LogP contribution in [-0.4, -0.2) is 34.8 Å². The zero-order chi connectivity index (χ0) is 17.1. The highest BCUT2D eigenvalue weighted by molar-refractivity contribution is 9.10. The highest BCUT2D eigenvalue weighted by Crippen LogP contribution is 2.32. The number of halogens is 1. The predicted molar refractivity (Wildman–Crippen MR) is 97.3 cm³/mol. The van der Waals surface area contributed by atoms with Gasteiger partial charge in [-0.25, -0.2) is 4.79 Å². The Hall–Kier alpha value is -1.66. The van der Waals surface area contributed by atoms with Crippen LogP contribution < -0.4 is 5.32 Å². The number of esters is 1. The highest BCUT2D eigenvalue weighted by Gasteiger charge is 2.23. The molecule has 3 rings (SSSR count). The lowest BCUT2D eigenvalue weighted by molar-refractivity contribution is 0.0527. The number of carbonyl (C=O) groups excluding carboxylic acids is 1. The van der Waals surface area contributed by atoms with Crippen molar-refractivity contribution in [3.05, 3.63) is 34.4 Å². The Kier molecular flexibility index (Phi) is 5.36. The number of nitrogens with one attached hydrogen (secondary N) is 1. The van der Waals surface area contributed by atoms with Gasteiger partial charge in [0.1, 0.15) is 5.56 Å². The fourth-order valence-electron chi connectivity index (χ4n) is 3.11. The molecule has 1 heterocycles. The molecule has 0 aliphatic heterocycles. The number of aromatic nitrogens is 1. The van der Waals surface area contributed by atoms with Crippen LogP contribution in [0.3, 0.4) is 0 Å². The van der Waals surface area contributed by atoms with E-state index in [1.807, 2.05) is 18.2 Å². The minimum atomic E-state index is -0.370. The maximum Gasteiger partial charge on any atom is 0.341 e. The summed E-state index contributed by atoms with van der Waals surface area (Å²) < 4.78 is 6.11. The Morgan fingerprint density at radius 2 is 2.12 bits per heavy atom. The molecule has 24 heavy (non-hydrogen) atoms. The average Bonchev–Trinajstić information content (AvgIpc) is 2.57. The molecule has 1 aliphatic carbocycles. The van der Waals surface area contributed by atoms with Gasteiger partial charge in [0.2, 0.25) is 0 Å². The molecule has 1 aliphatic rings. The van der Waals surface area contributed by atoms with Gasteiger partial charge < -0.3 is 15.2 Å². The summed E-state index contributed by atoms with van der Waals surface area (Å²) >= 11 is 3.49. The summed E-state index contributed by atoms with van der Waals surface area (Å²) in [4.78, 5) is 16.7. The van der Waals surface area contributed by atoms with E-state index in [4.69, 9.17) is 4.74 Å². The van der Waals surface area contributed by atoms with Gasteiger partial charge in [-0.2, -0.15) is 0 Å². The van der Waals surface area contributed by atoms with Gasteiger partial charge in [-0.05, 0) is 50.8 Å². The molecule has 2 aromatic rings. The molecule has 0 unspecified atom stereocenters. The van der Waals surface area contributed by atoms with Crippen LogP contribution in [0.4, 0.5) is 5.69 Å². The molecule has 0 spiro atoms. The zero-order valence-corrected chi connectivity index (χ0v) is 15.2. The van der Waals surface area contributed by atoms with E-state index in [2.05, 4.69) is 26.2 Å². The first-order chi connectivity index (χ1) is 11.6. The third-order valence-corrected chi connectivity index (χ3v) is 4.86. The van der Waals surface area contributed by atoms with E-state index < -0.39 is 0 Å². The number of hydrogen-bond donors (Lipinski definition) is 2. The van der Waals surface area contributed by atoms with E-state index in [1.54, 1.807) is 13.1 Å². The quantitative estimate of drug-likeness (QED) is 0.772. The van der Waals surface area contributed by atoms with E-state index in [-0.39, 0.29) is 18.1 Å². The van der Waals surface area contributed by atoms with Gasteiger partial charge in [-0.3, -0.25) is 4.98 Å². The summed E-state index contributed by atoms with van der Waals surface area (Å²) in [6.45, 7) is 2.11. The maximum absolute atomic E-state index is 12.3. The topological polar surface area (TPSA) is 71.5 Å². The Morgan fingerprint density at radius 1 is 1.38 bits per heavy atom. The third kappa shape index (κ3) is 3.70. The number of ether oxygens (including phenoxy) is 1. The summed E-state index contributed by atoms with van der Waals surface area (Å²) in [6.07, 6.45) is 4.67. The molecular formula is C18H21BrN2O3. The number of nitrogens with zero attached hydrogens (tertiary/aromatic N) is 1. The van der Waals surface area contributed by atoms with E-state index in [9.17, 15) is 9.90 Å². The SMILES string of the molecule is CCOC(=O)c1cnc2ccc(Br)cc2c1N[C@H]1CC[C@H](O)CC1. The largest absolute Gasteiger partial charge is 0.462 e. The number of carbonyl (C=O) groups is 1. The minimum absolute atomic E-state index is 0.212. The standard InChI is InChI=1S/C18H21BrN2O3/c1-2-24-18(23)15-10-20-16-8-3-11(19)9-14(16)17(15)21-12-4-6-13(22)7-5-12/h3,8-10,12-13,22H,2,4-7H2,1H3,(H,20,21)/t12-,13-. The van der Waals surface area contributed by atoms with Crippen LogP contribution in [0.5, 0.6) is 0 Å². The molecule has 1 saturated carbocycles. The second kappa shape index (κ2) is 7.49. The number of hydrogen-bond acceptors (Lipinski definition) is 5. The molecule has 0 radical (unpaired) electrons. The highest BCUT2D eigenvalue weighted by atomic mass is 79.9. The third-order valence-electron chi connectivity index (χ3n) is 4.37. The number of rotatable bonds is 4. The summed E-state index contributed by atoms with van der Waals surface area (Å²) in [5, 5.41) is 14.1. The van der Waals surface area contributed by atoms with Gasteiger partial charge >= 0.3 is 5.97 Å². The lowest BCUT2D eigenvalue weighted by Crippen LogP contribution is -2.29. The normalized spacial score (nSPS) is 20.8. The zero-order valence-electron chi connectivity index (χ0n) is 13.6. The van der Waals surface area contributed by atoms with Gasteiger partial charge in [-0.1, -0.05) is 15.9 Å². The summed E-state index contributed by atoms with van der Waals surface area (Å²) in [5.74, 6) is -0.370. The second-order valence-corrected chi connectivity index (χ2v) is 6.99. The smallest absolute Gasteiger partial charge is 0.341 e. The van der Waals surface area contributed by atoms with E-state index in [0.717, 1.165) is 46.7 Å². The van der Waals surface area contributed by atoms with Crippen molar-refractivity contribution in [3.8, 4) is 0 Å². The van der Waals surface area contributed by atoms with Crippen molar-refractivity contribution in [2.45, 2.75) is 44.8 Å². The van der Waals surface area contributed by atoms with Crippen LogP contribution in [-0.2, 0) is 4.74 Å². The Labute approximate surface area is 149 Å². The van der Waals surface area contributed by atoms with E-state index >= 15 is 0 Å². The van der Waals surface area contributed by atoms with Gasteiger partial charge in [-0.15, -0.1) is 0 Å². The van der Waals surface area contributed by atoms with Crippen molar-refractivity contribution in [1.29, 1.82) is 0 Å². The molecule has 2 N–H and O–H groups in total. The number of fused-ring (bicyclic) bond motifs is 1. The molecule has 1 aromatic heterocycles. The average molecular weight is 393 g/mol. The number of anilines is 1. The van der Waals surface area contributed by atoms with Crippen LogP contribution in [0.25, 0.3) is 10.9 Å². The molecule has 6 heteroatoms. The molecule has 128 valence electrons. The number of benzene rings is 1. The maximum atomic E-state index is 12.3. The van der Waals surface area contributed by atoms with Gasteiger partial charge in [0.15, 0.2) is 0 Å². The monoisotopic (exact) mass is 392 g/mol. The van der Waals surface area contributed by atoms with E-state index in [1.165, 1.54) is 0 Å². The van der Waals surface area contributed by atoms with Crippen molar-refractivity contribution in [2.75, 3.05) is 11.9 Å². The molecule has 1 aromatic carbocycles. The summed E-state index contributed by atoms with van der Waals surface area (Å²) in [6, 6.07) is 6.04. The molecular weight excluding hydrogens is 372 g/mol. The molecule has 0 amide bonds. The number of aliphatic hydroxyl groups is 1. The van der Waals surface area contributed by atoms with Crippen LogP contribution in [0.15, 0.2) is 28.9 Å². The second-order valence-electron chi connectivity index (χ2n) is 6.08. The Bertz CT molecular complexity index is 742. The van der Waals surface area contributed by atoms with E-state index in [0.29, 0.717) is 12.2 Å². The molecule has 0 bridgehead atoms. The van der Waals surface area contributed by atoms with Crippen LogP contribution in [0, 0.1) is 0 Å². The molecule has 5 nitrogen and oxygen atoms in total. The van der Waals surface area contributed by atoms with Crippen molar-refractivity contribution in [3.63, 3.8) is 0 Å². The van der Waals surface area contributed by atoms with Gasteiger partial charge in [0.05, 0.1) is 23.9 Å². The predicted octanol–water partition coefficient (Wildman–Crippen LogP) is 3.89. The molecule has 0 saturated heterocycles. The first-order valence-corrected chi connectivity index (χ1v) is 9.07. The van der Waals surface area contributed by atoms with Crippen LogP contribution >= 0.6 is 15.9 Å². The van der Waals surface area contributed by atoms with Crippen LogP contribution in [0.2, 0.25) is 0 Å². The van der Waals surface area contributed by atoms with Crippen molar-refractivity contribution < 1.29 is 14.6 Å². The first-order valence-electron chi connectivity index (χ1n) is 8.28. The fraction of sp³-hybridized carbons (Fsp3) is 0.444. The van der Waals surface area contributed by atoms with Gasteiger partial charge in [0.25, 0.3) is 0 Å². The van der Waals surface area contributed by atoms with Crippen molar-refractivity contribution in [1.82, 2.24) is 4.98 Å². The van der Waals surface area contributed by atoms with Crippen molar-refractivity contribution in [2.24, 2.45) is 0 Å². The first kappa shape index (κ1) is 17.2. The van der Waals surface area contributed by atoms with Crippen LogP contribution in [0.1, 0.15) is 43.0 Å². The minimum Gasteiger partial charge on any atom is -0.462 e. The Balaban J connectivity index is 2.01.